The largest absolute Gasteiger partial charge is 0.457 e. The first-order chi connectivity index (χ1) is 15.2. The molecule has 1 unspecified atom stereocenters. The van der Waals surface area contributed by atoms with Gasteiger partial charge in [0.2, 0.25) is 0 Å². The van der Waals surface area contributed by atoms with E-state index in [1.54, 1.807) is 12.1 Å². The average molecular weight is 426 g/mol. The maximum Gasteiger partial charge on any atom is 0.141 e. The number of rotatable bonds is 5. The zero-order valence-electron chi connectivity index (χ0n) is 16.5. The maximum absolute atomic E-state index is 13.5. The van der Waals surface area contributed by atoms with E-state index in [-0.39, 0.29) is 0 Å². The maximum atomic E-state index is 13.5. The second-order valence-corrected chi connectivity index (χ2v) is 8.39. The van der Waals surface area contributed by atoms with Crippen LogP contribution in [0, 0.1) is 0 Å². The summed E-state index contributed by atoms with van der Waals surface area (Å²) in [5.41, 5.74) is 8.46. The summed E-state index contributed by atoms with van der Waals surface area (Å²) in [6.45, 7) is 0. The van der Waals surface area contributed by atoms with Crippen LogP contribution < -0.4 is 15.2 Å². The summed E-state index contributed by atoms with van der Waals surface area (Å²) < 4.78 is 25.7. The van der Waals surface area contributed by atoms with Crippen molar-refractivity contribution >= 4 is 21.4 Å². The number of hydrogen-bond acceptors (Lipinski definition) is 4. The molecular weight excluding hydrogens is 406 g/mol. The Morgan fingerprint density at radius 3 is 1.81 bits per heavy atom. The molecule has 152 valence electrons. The summed E-state index contributed by atoms with van der Waals surface area (Å²) in [7, 11) is -1.46. The van der Waals surface area contributed by atoms with E-state index in [0.717, 1.165) is 5.56 Å². The fourth-order valence-corrected chi connectivity index (χ4v) is 5.02. The quantitative estimate of drug-likeness (QED) is 0.415. The predicted octanol–water partition coefficient (Wildman–Crippen LogP) is 6.18. The first-order valence-corrected chi connectivity index (χ1v) is 11.0. The van der Waals surface area contributed by atoms with Gasteiger partial charge in [-0.05, 0) is 35.9 Å². The van der Waals surface area contributed by atoms with Gasteiger partial charge in [-0.3, -0.25) is 0 Å². The van der Waals surface area contributed by atoms with E-state index in [0.29, 0.717) is 44.1 Å². The Labute approximate surface area is 183 Å². The molecule has 0 saturated heterocycles. The standard InChI is InChI=1S/C26H19NO3S/c27-25-24-22(30-20-14-8-3-9-15-20)16-21(29-19-12-6-2-7-13-19)17-23(24)31(28)26(25)18-10-4-1-5-11-18/h1-17H,27H2. The van der Waals surface area contributed by atoms with E-state index in [2.05, 4.69) is 0 Å². The molecule has 1 atom stereocenters. The van der Waals surface area contributed by atoms with E-state index in [9.17, 15) is 4.21 Å². The molecule has 0 radical (unpaired) electrons. The molecular formula is C26H19NO3S. The van der Waals surface area contributed by atoms with Gasteiger partial charge in [0, 0.05) is 6.07 Å². The second-order valence-electron chi connectivity index (χ2n) is 7.00. The van der Waals surface area contributed by atoms with Crippen LogP contribution in [0.5, 0.6) is 23.0 Å². The molecule has 0 aliphatic carbocycles. The van der Waals surface area contributed by atoms with E-state index in [1.165, 1.54) is 0 Å². The molecule has 0 saturated carbocycles. The van der Waals surface area contributed by atoms with Crippen molar-refractivity contribution in [3.63, 3.8) is 0 Å². The fourth-order valence-electron chi connectivity index (χ4n) is 3.53. The van der Waals surface area contributed by atoms with Crippen LogP contribution in [0.15, 0.2) is 108 Å². The van der Waals surface area contributed by atoms with Crippen molar-refractivity contribution in [2.45, 2.75) is 4.90 Å². The van der Waals surface area contributed by atoms with Gasteiger partial charge in [0.05, 0.1) is 31.9 Å². The lowest BCUT2D eigenvalue weighted by Crippen LogP contribution is -2.00. The van der Waals surface area contributed by atoms with Gasteiger partial charge in [0.15, 0.2) is 0 Å². The van der Waals surface area contributed by atoms with Gasteiger partial charge >= 0.3 is 0 Å². The minimum absolute atomic E-state index is 0.455. The summed E-state index contributed by atoms with van der Waals surface area (Å²) >= 11 is 0. The molecule has 4 nitrogen and oxygen atoms in total. The number of hydrogen-bond donors (Lipinski definition) is 1. The van der Waals surface area contributed by atoms with E-state index < -0.39 is 10.8 Å². The number of fused-ring (bicyclic) bond motifs is 1. The third-order valence-electron chi connectivity index (χ3n) is 4.92. The number of ether oxygens (including phenoxy) is 2. The summed E-state index contributed by atoms with van der Waals surface area (Å²) in [5.74, 6) is 2.38. The Bertz CT molecular complexity index is 1290. The average Bonchev–Trinajstić information content (AvgIpc) is 3.06. The molecule has 31 heavy (non-hydrogen) atoms. The second kappa shape index (κ2) is 8.13. The molecule has 4 aromatic rings. The smallest absolute Gasteiger partial charge is 0.141 e. The van der Waals surface area contributed by atoms with Gasteiger partial charge < -0.3 is 15.2 Å². The monoisotopic (exact) mass is 425 g/mol. The molecule has 5 rings (SSSR count). The molecule has 4 aromatic carbocycles. The molecule has 0 spiro atoms. The van der Waals surface area contributed by atoms with Gasteiger partial charge in [-0.15, -0.1) is 0 Å². The Hall–Kier alpha value is -3.83. The van der Waals surface area contributed by atoms with Gasteiger partial charge in [0.25, 0.3) is 0 Å². The molecule has 1 heterocycles. The highest BCUT2D eigenvalue weighted by Crippen LogP contribution is 2.47. The highest BCUT2D eigenvalue weighted by atomic mass is 32.2. The van der Waals surface area contributed by atoms with Crippen molar-refractivity contribution in [2.24, 2.45) is 5.73 Å². The van der Waals surface area contributed by atoms with Crippen LogP contribution in [0.2, 0.25) is 0 Å². The van der Waals surface area contributed by atoms with Crippen molar-refractivity contribution in [1.82, 2.24) is 0 Å². The van der Waals surface area contributed by atoms with Crippen molar-refractivity contribution in [3.8, 4) is 23.0 Å². The Morgan fingerprint density at radius 2 is 1.19 bits per heavy atom. The number of para-hydroxylation sites is 2. The zero-order chi connectivity index (χ0) is 21.2. The van der Waals surface area contributed by atoms with E-state index in [4.69, 9.17) is 15.2 Å². The molecule has 1 aliphatic rings. The first kappa shape index (κ1) is 19.2. The van der Waals surface area contributed by atoms with Crippen LogP contribution in [0.3, 0.4) is 0 Å². The van der Waals surface area contributed by atoms with Gasteiger partial charge in [-0.2, -0.15) is 0 Å². The normalized spacial score (nSPS) is 14.9. The molecule has 5 heteroatoms. The molecule has 1 aliphatic heterocycles. The molecule has 0 bridgehead atoms. The molecule has 0 fully saturated rings. The third kappa shape index (κ3) is 3.71. The minimum atomic E-state index is -1.46. The summed E-state index contributed by atoms with van der Waals surface area (Å²) in [5, 5.41) is 0. The Balaban J connectivity index is 1.64. The Kier molecular flexibility index (Phi) is 5.02. The van der Waals surface area contributed by atoms with Crippen LogP contribution in [0.1, 0.15) is 11.1 Å². The van der Waals surface area contributed by atoms with Crippen molar-refractivity contribution in [2.75, 3.05) is 0 Å². The number of benzene rings is 4. The molecule has 2 N–H and O–H groups in total. The highest BCUT2D eigenvalue weighted by molar-refractivity contribution is 7.95. The van der Waals surface area contributed by atoms with Crippen LogP contribution in [-0.4, -0.2) is 4.21 Å². The number of nitrogens with two attached hydrogens (primary N) is 1. The topological polar surface area (TPSA) is 61.6 Å². The lowest BCUT2D eigenvalue weighted by atomic mass is 10.1. The van der Waals surface area contributed by atoms with Crippen LogP contribution >= 0.6 is 0 Å². The van der Waals surface area contributed by atoms with Crippen LogP contribution in [-0.2, 0) is 10.8 Å². The van der Waals surface area contributed by atoms with E-state index in [1.807, 2.05) is 91.0 Å². The van der Waals surface area contributed by atoms with Gasteiger partial charge in [0.1, 0.15) is 23.0 Å². The van der Waals surface area contributed by atoms with Gasteiger partial charge in [-0.1, -0.05) is 66.7 Å². The first-order valence-electron chi connectivity index (χ1n) is 9.82. The lowest BCUT2D eigenvalue weighted by Gasteiger charge is -2.14. The SMILES string of the molecule is NC1=C(c2ccccc2)S(=O)c2cc(Oc3ccccc3)cc(Oc3ccccc3)c21. The van der Waals surface area contributed by atoms with E-state index >= 15 is 0 Å². The minimum Gasteiger partial charge on any atom is -0.457 e. The summed E-state index contributed by atoms with van der Waals surface area (Å²) in [6, 6.07) is 32.0. The highest BCUT2D eigenvalue weighted by Gasteiger charge is 2.32. The van der Waals surface area contributed by atoms with Crippen molar-refractivity contribution in [3.05, 3.63) is 114 Å². The van der Waals surface area contributed by atoms with Gasteiger partial charge in [-0.25, -0.2) is 4.21 Å². The summed E-state index contributed by atoms with van der Waals surface area (Å²) in [6.07, 6.45) is 0. The third-order valence-corrected chi connectivity index (χ3v) is 6.47. The molecule has 0 amide bonds. The Morgan fingerprint density at radius 1 is 0.645 bits per heavy atom. The zero-order valence-corrected chi connectivity index (χ0v) is 17.3. The lowest BCUT2D eigenvalue weighted by molar-refractivity contribution is 0.456. The van der Waals surface area contributed by atoms with Crippen molar-refractivity contribution in [1.29, 1.82) is 0 Å². The van der Waals surface area contributed by atoms with Crippen LogP contribution in [0.25, 0.3) is 10.6 Å². The summed E-state index contributed by atoms with van der Waals surface area (Å²) in [4.78, 5) is 1.17. The van der Waals surface area contributed by atoms with Crippen molar-refractivity contribution < 1.29 is 13.7 Å². The fraction of sp³-hybridized carbons (Fsp3) is 0. The molecule has 0 aromatic heterocycles. The van der Waals surface area contributed by atoms with Crippen LogP contribution in [0.4, 0.5) is 0 Å². The predicted molar refractivity (Wildman–Crippen MR) is 123 cm³/mol.